The van der Waals surface area contributed by atoms with E-state index in [2.05, 4.69) is 41.4 Å². The van der Waals surface area contributed by atoms with Crippen molar-refractivity contribution in [1.29, 1.82) is 0 Å². The number of anilines is 1. The Hall–Kier alpha value is -0.720. The highest BCUT2D eigenvalue weighted by atomic mass is 79.9. The van der Waals surface area contributed by atoms with Crippen LogP contribution in [0, 0.1) is 0 Å². The molecular weight excluding hydrogens is 282 g/mol. The maximum Gasteiger partial charge on any atom is 0.143 e. The van der Waals surface area contributed by atoms with Crippen LogP contribution in [0.4, 0.5) is 5.82 Å². The van der Waals surface area contributed by atoms with Gasteiger partial charge in [-0.05, 0) is 28.9 Å². The summed E-state index contributed by atoms with van der Waals surface area (Å²) in [6, 6.07) is 0. The van der Waals surface area contributed by atoms with E-state index >= 15 is 0 Å². The predicted molar refractivity (Wildman–Crippen MR) is 72.1 cm³/mol. The van der Waals surface area contributed by atoms with E-state index in [0.29, 0.717) is 0 Å². The first kappa shape index (κ1) is 12.7. The van der Waals surface area contributed by atoms with E-state index in [1.54, 1.807) is 12.5 Å². The maximum absolute atomic E-state index is 4.17. The third kappa shape index (κ3) is 4.22. The van der Waals surface area contributed by atoms with E-state index in [4.69, 9.17) is 0 Å². The summed E-state index contributed by atoms with van der Waals surface area (Å²) >= 11 is 3.42. The lowest BCUT2D eigenvalue weighted by atomic mass is 10.3. The average molecular weight is 300 g/mol. The molecule has 1 fully saturated rings. The first-order chi connectivity index (χ1) is 8.36. The lowest BCUT2D eigenvalue weighted by molar-refractivity contribution is 0.240. The molecule has 0 aliphatic carbocycles. The van der Waals surface area contributed by atoms with Crippen LogP contribution in [0.15, 0.2) is 17.0 Å². The van der Waals surface area contributed by atoms with Crippen LogP contribution in [-0.4, -0.2) is 54.1 Å². The minimum atomic E-state index is 0.875. The van der Waals surface area contributed by atoms with Crippen LogP contribution < -0.4 is 10.6 Å². The highest BCUT2D eigenvalue weighted by molar-refractivity contribution is 9.10. The van der Waals surface area contributed by atoms with Crippen LogP contribution in [0.25, 0.3) is 0 Å². The summed E-state index contributed by atoms with van der Waals surface area (Å²) in [5.74, 6) is 0.875. The van der Waals surface area contributed by atoms with E-state index in [1.807, 2.05) is 0 Å². The standard InChI is InChI=1S/C11H18BrN5/c12-10-8-14-9-16-11(10)15-2-1-5-17-6-3-13-4-7-17/h8-9,13H,1-7H2,(H,14,15,16). The second-order valence-corrected chi connectivity index (χ2v) is 4.95. The fourth-order valence-corrected chi connectivity index (χ4v) is 2.25. The van der Waals surface area contributed by atoms with Crippen LogP contribution in [0.5, 0.6) is 0 Å². The number of aromatic nitrogens is 2. The quantitative estimate of drug-likeness (QED) is 0.793. The fraction of sp³-hybridized carbons (Fsp3) is 0.636. The molecule has 0 atom stereocenters. The molecule has 1 aliphatic rings. The van der Waals surface area contributed by atoms with Crippen LogP contribution in [0.2, 0.25) is 0 Å². The van der Waals surface area contributed by atoms with Gasteiger partial charge in [-0.1, -0.05) is 0 Å². The highest BCUT2D eigenvalue weighted by Crippen LogP contribution is 2.16. The molecule has 6 heteroatoms. The van der Waals surface area contributed by atoms with Gasteiger partial charge in [0.15, 0.2) is 0 Å². The van der Waals surface area contributed by atoms with Crippen LogP contribution in [0.1, 0.15) is 6.42 Å². The Morgan fingerprint density at radius 1 is 1.41 bits per heavy atom. The van der Waals surface area contributed by atoms with E-state index in [1.165, 1.54) is 0 Å². The Morgan fingerprint density at radius 3 is 3.00 bits per heavy atom. The number of rotatable bonds is 5. The van der Waals surface area contributed by atoms with Gasteiger partial charge in [0.25, 0.3) is 0 Å². The number of nitrogens with zero attached hydrogens (tertiary/aromatic N) is 3. The molecule has 0 amide bonds. The number of nitrogens with one attached hydrogen (secondary N) is 2. The maximum atomic E-state index is 4.17. The molecule has 1 aromatic rings. The van der Waals surface area contributed by atoms with Gasteiger partial charge in [0.2, 0.25) is 0 Å². The zero-order valence-electron chi connectivity index (χ0n) is 9.82. The van der Waals surface area contributed by atoms with Crippen molar-refractivity contribution in [3.05, 3.63) is 17.0 Å². The summed E-state index contributed by atoms with van der Waals surface area (Å²) in [5.41, 5.74) is 0. The zero-order chi connectivity index (χ0) is 11.9. The molecule has 5 nitrogen and oxygen atoms in total. The van der Waals surface area contributed by atoms with Crippen molar-refractivity contribution in [2.24, 2.45) is 0 Å². The van der Waals surface area contributed by atoms with Gasteiger partial charge in [0.1, 0.15) is 12.1 Å². The zero-order valence-corrected chi connectivity index (χ0v) is 11.4. The van der Waals surface area contributed by atoms with Crippen LogP contribution in [-0.2, 0) is 0 Å². The number of hydrogen-bond donors (Lipinski definition) is 2. The molecule has 0 spiro atoms. The SMILES string of the molecule is Brc1cncnc1NCCCN1CCNCC1. The molecule has 94 valence electrons. The minimum Gasteiger partial charge on any atom is -0.369 e. The molecule has 1 saturated heterocycles. The van der Waals surface area contributed by atoms with Crippen molar-refractivity contribution in [3.8, 4) is 0 Å². The Labute approximate surface area is 110 Å². The Balaban J connectivity index is 1.64. The third-order valence-corrected chi connectivity index (χ3v) is 3.40. The van der Waals surface area contributed by atoms with Gasteiger partial charge in [-0.3, -0.25) is 0 Å². The van der Waals surface area contributed by atoms with Crippen molar-refractivity contribution >= 4 is 21.7 Å². The van der Waals surface area contributed by atoms with Crippen molar-refractivity contribution in [2.75, 3.05) is 44.6 Å². The molecule has 0 aromatic carbocycles. The van der Waals surface area contributed by atoms with Gasteiger partial charge in [0, 0.05) is 38.9 Å². The summed E-state index contributed by atoms with van der Waals surface area (Å²) in [6.07, 6.45) is 4.45. The van der Waals surface area contributed by atoms with Gasteiger partial charge in [-0.2, -0.15) is 0 Å². The predicted octanol–water partition coefficient (Wildman–Crippen LogP) is 0.946. The number of hydrogen-bond acceptors (Lipinski definition) is 5. The summed E-state index contributed by atoms with van der Waals surface area (Å²) in [5, 5.41) is 6.67. The van der Waals surface area contributed by atoms with Crippen LogP contribution in [0.3, 0.4) is 0 Å². The molecule has 0 unspecified atom stereocenters. The topological polar surface area (TPSA) is 53.1 Å². The van der Waals surface area contributed by atoms with E-state index in [9.17, 15) is 0 Å². The summed E-state index contributed by atoms with van der Waals surface area (Å²) in [6.45, 7) is 6.65. The molecule has 2 heterocycles. The fourth-order valence-electron chi connectivity index (χ4n) is 1.89. The molecule has 2 rings (SSSR count). The molecule has 1 aromatic heterocycles. The Morgan fingerprint density at radius 2 is 2.24 bits per heavy atom. The number of halogens is 1. The smallest absolute Gasteiger partial charge is 0.143 e. The normalized spacial score (nSPS) is 17.0. The Bertz CT molecular complexity index is 340. The first-order valence-electron chi connectivity index (χ1n) is 5.99. The van der Waals surface area contributed by atoms with Gasteiger partial charge < -0.3 is 15.5 Å². The third-order valence-electron chi connectivity index (χ3n) is 2.82. The summed E-state index contributed by atoms with van der Waals surface area (Å²) in [4.78, 5) is 10.6. The lowest BCUT2D eigenvalue weighted by Gasteiger charge is -2.27. The second kappa shape index (κ2) is 6.88. The number of piperazine rings is 1. The highest BCUT2D eigenvalue weighted by Gasteiger charge is 2.08. The van der Waals surface area contributed by atoms with Gasteiger partial charge in [-0.25, -0.2) is 9.97 Å². The summed E-state index contributed by atoms with van der Waals surface area (Å²) < 4.78 is 0.919. The molecule has 2 N–H and O–H groups in total. The first-order valence-corrected chi connectivity index (χ1v) is 6.78. The van der Waals surface area contributed by atoms with Gasteiger partial charge in [0.05, 0.1) is 4.47 Å². The molecule has 0 bridgehead atoms. The van der Waals surface area contributed by atoms with Crippen molar-refractivity contribution in [3.63, 3.8) is 0 Å². The van der Waals surface area contributed by atoms with E-state index in [-0.39, 0.29) is 0 Å². The molecular formula is C11H18BrN5. The summed E-state index contributed by atoms with van der Waals surface area (Å²) in [7, 11) is 0. The van der Waals surface area contributed by atoms with Crippen molar-refractivity contribution in [1.82, 2.24) is 20.2 Å². The molecule has 1 aliphatic heterocycles. The van der Waals surface area contributed by atoms with Gasteiger partial charge >= 0.3 is 0 Å². The van der Waals surface area contributed by atoms with Crippen molar-refractivity contribution < 1.29 is 0 Å². The minimum absolute atomic E-state index is 0.875. The Kier molecular flexibility index (Phi) is 5.15. The monoisotopic (exact) mass is 299 g/mol. The van der Waals surface area contributed by atoms with Crippen molar-refractivity contribution in [2.45, 2.75) is 6.42 Å². The molecule has 17 heavy (non-hydrogen) atoms. The second-order valence-electron chi connectivity index (χ2n) is 4.09. The lowest BCUT2D eigenvalue weighted by Crippen LogP contribution is -2.44. The van der Waals surface area contributed by atoms with Crippen LogP contribution >= 0.6 is 15.9 Å². The van der Waals surface area contributed by atoms with E-state index < -0.39 is 0 Å². The van der Waals surface area contributed by atoms with Gasteiger partial charge in [-0.15, -0.1) is 0 Å². The average Bonchev–Trinajstić information content (AvgIpc) is 2.38. The largest absolute Gasteiger partial charge is 0.369 e. The molecule has 0 saturated carbocycles. The van der Waals surface area contributed by atoms with E-state index in [0.717, 1.165) is 56.0 Å². The molecule has 0 radical (unpaired) electrons.